The van der Waals surface area contributed by atoms with Crippen LogP contribution in [0.3, 0.4) is 0 Å². The molecule has 2 aromatic heterocycles. The normalized spacial score (nSPS) is 11.1. The van der Waals surface area contributed by atoms with Crippen molar-refractivity contribution in [2.45, 2.75) is 11.6 Å². The molecule has 4 rings (SSSR count). The molecule has 6 nitrogen and oxygen atoms in total. The number of imidazole rings is 1. The molecule has 0 atom stereocenters. The highest BCUT2D eigenvalue weighted by Gasteiger charge is 2.14. The number of pyridine rings is 1. The highest BCUT2D eigenvalue weighted by atomic mass is 32.2. The molecule has 2 heterocycles. The van der Waals surface area contributed by atoms with Gasteiger partial charge in [-0.15, -0.1) is 6.58 Å². The lowest BCUT2D eigenvalue weighted by molar-refractivity contribution is 0.476. The van der Waals surface area contributed by atoms with Gasteiger partial charge in [-0.1, -0.05) is 42.5 Å². The fourth-order valence-corrected chi connectivity index (χ4v) is 2.87. The van der Waals surface area contributed by atoms with Crippen LogP contribution in [0, 0.1) is 0 Å². The standard InChI is InChI=1S/C12H11N.C7H6N2O3S/c1-2-5-11-9-8-10-6-3-4-7-12(10)13-11;10-13(11,12)7-8-5-3-1-2-4-6(5)9-7/h2-4,6-9H,1,5H2;1-4H,(H,8,9)(H,10,11,12). The first-order valence-corrected chi connectivity index (χ1v) is 9.29. The Hall–Kier alpha value is -3.03. The van der Waals surface area contributed by atoms with Gasteiger partial charge in [0.15, 0.2) is 0 Å². The van der Waals surface area contributed by atoms with Crippen LogP contribution in [0.2, 0.25) is 0 Å². The lowest BCUT2D eigenvalue weighted by Gasteiger charge is -1.99. The van der Waals surface area contributed by atoms with Crippen LogP contribution in [0.15, 0.2) is 78.5 Å². The highest BCUT2D eigenvalue weighted by molar-refractivity contribution is 7.85. The molecule has 0 aliphatic heterocycles. The zero-order chi connectivity index (χ0) is 18.6. The molecule has 4 aromatic rings. The molecule has 0 fully saturated rings. The number of rotatable bonds is 3. The summed E-state index contributed by atoms with van der Waals surface area (Å²) in [6.45, 7) is 3.70. The van der Waals surface area contributed by atoms with Crippen LogP contribution in [-0.2, 0) is 16.5 Å². The van der Waals surface area contributed by atoms with E-state index in [4.69, 9.17) is 4.55 Å². The average molecular weight is 367 g/mol. The molecule has 0 spiro atoms. The van der Waals surface area contributed by atoms with Crippen LogP contribution < -0.4 is 0 Å². The van der Waals surface area contributed by atoms with E-state index in [-0.39, 0.29) is 0 Å². The second-order valence-electron chi connectivity index (χ2n) is 5.52. The number of hydrogen-bond acceptors (Lipinski definition) is 4. The topological polar surface area (TPSA) is 95.9 Å². The van der Waals surface area contributed by atoms with E-state index in [0.29, 0.717) is 11.0 Å². The van der Waals surface area contributed by atoms with Gasteiger partial charge >= 0.3 is 10.1 Å². The van der Waals surface area contributed by atoms with E-state index < -0.39 is 15.3 Å². The number of fused-ring (bicyclic) bond motifs is 2. The Labute approximate surface area is 151 Å². The Kier molecular flexibility index (Phi) is 5.11. The molecule has 0 amide bonds. The molecule has 132 valence electrons. The first-order chi connectivity index (χ1) is 12.5. The van der Waals surface area contributed by atoms with Gasteiger partial charge in [0, 0.05) is 17.5 Å². The summed E-state index contributed by atoms with van der Waals surface area (Å²) < 4.78 is 30.0. The average Bonchev–Trinajstić information content (AvgIpc) is 3.07. The van der Waals surface area contributed by atoms with Gasteiger partial charge in [0.05, 0.1) is 16.6 Å². The summed E-state index contributed by atoms with van der Waals surface area (Å²) in [5, 5.41) is 0.768. The maximum Gasteiger partial charge on any atom is 0.328 e. The van der Waals surface area contributed by atoms with E-state index in [1.54, 1.807) is 24.3 Å². The summed E-state index contributed by atoms with van der Waals surface area (Å²) in [5.74, 6) is 0. The fraction of sp³-hybridized carbons (Fsp3) is 0.0526. The Balaban J connectivity index is 0.000000151. The maximum atomic E-state index is 10.7. The summed E-state index contributed by atoms with van der Waals surface area (Å²) in [4.78, 5) is 10.7. The van der Waals surface area contributed by atoms with Crippen molar-refractivity contribution in [3.05, 3.63) is 79.0 Å². The van der Waals surface area contributed by atoms with Crippen molar-refractivity contribution in [1.29, 1.82) is 0 Å². The molecule has 26 heavy (non-hydrogen) atoms. The molecule has 7 heteroatoms. The third kappa shape index (κ3) is 4.14. The Morgan fingerprint density at radius 2 is 1.65 bits per heavy atom. The SMILES string of the molecule is C=CCc1ccc2ccccc2n1.O=S(=O)(O)c1nc2ccccc2[nH]1. The summed E-state index contributed by atoms with van der Waals surface area (Å²) in [7, 11) is -4.23. The number of benzene rings is 2. The number of nitrogens with zero attached hydrogens (tertiary/aromatic N) is 2. The van der Waals surface area contributed by atoms with E-state index in [2.05, 4.69) is 33.7 Å². The van der Waals surface area contributed by atoms with Crippen molar-refractivity contribution < 1.29 is 13.0 Å². The van der Waals surface area contributed by atoms with Crippen molar-refractivity contribution in [2.24, 2.45) is 0 Å². The number of H-pyrrole nitrogens is 1. The van der Waals surface area contributed by atoms with Crippen LogP contribution in [-0.4, -0.2) is 27.9 Å². The molecule has 0 bridgehead atoms. The smallest absolute Gasteiger partial charge is 0.327 e. The van der Waals surface area contributed by atoms with Crippen molar-refractivity contribution >= 4 is 32.1 Å². The van der Waals surface area contributed by atoms with Crippen molar-refractivity contribution in [1.82, 2.24) is 15.0 Å². The van der Waals surface area contributed by atoms with E-state index in [1.807, 2.05) is 30.3 Å². The lowest BCUT2D eigenvalue weighted by atomic mass is 10.2. The zero-order valence-electron chi connectivity index (χ0n) is 13.8. The van der Waals surface area contributed by atoms with Crippen molar-refractivity contribution in [2.75, 3.05) is 0 Å². The molecule has 2 aromatic carbocycles. The van der Waals surface area contributed by atoms with Crippen LogP contribution in [0.5, 0.6) is 0 Å². The Bertz CT molecular complexity index is 1130. The van der Waals surface area contributed by atoms with Crippen molar-refractivity contribution in [3.8, 4) is 0 Å². The first kappa shape index (κ1) is 17.8. The quantitative estimate of drug-likeness (QED) is 0.424. The Morgan fingerprint density at radius 3 is 2.35 bits per heavy atom. The maximum absolute atomic E-state index is 10.7. The van der Waals surface area contributed by atoms with Gasteiger partial charge in [0.25, 0.3) is 5.16 Å². The second-order valence-corrected chi connectivity index (χ2v) is 6.86. The van der Waals surface area contributed by atoms with Gasteiger partial charge in [0.1, 0.15) is 0 Å². The summed E-state index contributed by atoms with van der Waals surface area (Å²) >= 11 is 0. The molecule has 0 saturated carbocycles. The molecule has 0 radical (unpaired) electrons. The zero-order valence-corrected chi connectivity index (χ0v) is 14.6. The molecule has 2 N–H and O–H groups in total. The fourth-order valence-electron chi connectivity index (χ4n) is 2.42. The molecule has 0 aliphatic carbocycles. The Morgan fingerprint density at radius 1 is 0.962 bits per heavy atom. The van der Waals surface area contributed by atoms with E-state index in [1.165, 1.54) is 5.39 Å². The van der Waals surface area contributed by atoms with Gasteiger partial charge in [-0.25, -0.2) is 4.98 Å². The van der Waals surface area contributed by atoms with Gasteiger partial charge in [-0.05, 0) is 24.3 Å². The number of aromatic amines is 1. The lowest BCUT2D eigenvalue weighted by Crippen LogP contribution is -1.99. The minimum atomic E-state index is -4.23. The van der Waals surface area contributed by atoms with Gasteiger partial charge in [-0.3, -0.25) is 9.54 Å². The van der Waals surface area contributed by atoms with E-state index >= 15 is 0 Å². The van der Waals surface area contributed by atoms with Gasteiger partial charge < -0.3 is 4.98 Å². The summed E-state index contributed by atoms with van der Waals surface area (Å²) in [5.41, 5.74) is 3.22. The minimum absolute atomic E-state index is 0.422. The molecule has 0 aliphatic rings. The van der Waals surface area contributed by atoms with Crippen LogP contribution >= 0.6 is 0 Å². The molecular weight excluding hydrogens is 350 g/mol. The number of nitrogens with one attached hydrogen (secondary N) is 1. The van der Waals surface area contributed by atoms with E-state index in [9.17, 15) is 8.42 Å². The predicted octanol–water partition coefficient (Wildman–Crippen LogP) is 3.77. The third-order valence-electron chi connectivity index (χ3n) is 3.62. The summed E-state index contributed by atoms with van der Waals surface area (Å²) in [6.07, 6.45) is 2.71. The van der Waals surface area contributed by atoms with Gasteiger partial charge in [-0.2, -0.15) is 8.42 Å². The molecular formula is C19H17N3O3S. The second kappa shape index (κ2) is 7.47. The monoisotopic (exact) mass is 367 g/mol. The number of aromatic nitrogens is 3. The van der Waals surface area contributed by atoms with Crippen molar-refractivity contribution in [3.63, 3.8) is 0 Å². The van der Waals surface area contributed by atoms with Gasteiger partial charge in [0.2, 0.25) is 0 Å². The predicted molar refractivity (Wildman–Crippen MR) is 102 cm³/mol. The first-order valence-electron chi connectivity index (χ1n) is 7.85. The number of hydrogen-bond donors (Lipinski definition) is 2. The number of allylic oxidation sites excluding steroid dienone is 1. The van der Waals surface area contributed by atoms with Crippen LogP contribution in [0.4, 0.5) is 0 Å². The van der Waals surface area contributed by atoms with E-state index in [0.717, 1.165) is 17.6 Å². The summed E-state index contributed by atoms with van der Waals surface area (Å²) in [6, 6.07) is 19.1. The molecule has 0 unspecified atom stereocenters. The minimum Gasteiger partial charge on any atom is -0.327 e. The largest absolute Gasteiger partial charge is 0.328 e. The highest BCUT2D eigenvalue weighted by Crippen LogP contribution is 2.13. The molecule has 0 saturated heterocycles. The third-order valence-corrected chi connectivity index (χ3v) is 4.30. The van der Waals surface area contributed by atoms with Crippen LogP contribution in [0.25, 0.3) is 21.9 Å². The van der Waals surface area contributed by atoms with Crippen LogP contribution in [0.1, 0.15) is 5.69 Å². The number of para-hydroxylation sites is 3.